The minimum Gasteiger partial charge on any atom is -0.368 e. The average Bonchev–Trinajstić information content (AvgIpc) is 3.21. The number of anilines is 1. The Morgan fingerprint density at radius 2 is 1.74 bits per heavy atom. The number of aromatic nitrogens is 3. The van der Waals surface area contributed by atoms with Crippen molar-refractivity contribution in [3.05, 3.63) is 72.8 Å². The standard InChI is InChI=1S/C24H27N5OS/c1-3-13-29-23(21-12-8-7-9-19(21)2)25-26-24(29)31-18-22(30)28-16-14-27(15-17-28)20-10-5-4-6-11-20/h3-12H,1,13-18H2,2H3. The summed E-state index contributed by atoms with van der Waals surface area (Å²) >= 11 is 1.44. The second-order valence-corrected chi connectivity index (χ2v) is 8.45. The highest BCUT2D eigenvalue weighted by Gasteiger charge is 2.22. The molecule has 1 amide bonds. The molecule has 2 heterocycles. The first-order valence-corrected chi connectivity index (χ1v) is 11.5. The molecule has 1 aliphatic heterocycles. The van der Waals surface area contributed by atoms with Gasteiger partial charge in [-0.05, 0) is 24.6 Å². The topological polar surface area (TPSA) is 54.3 Å². The SMILES string of the molecule is C=CCn1c(SCC(=O)N2CCN(c3ccccc3)CC2)nnc1-c1ccccc1C. The second-order valence-electron chi connectivity index (χ2n) is 7.51. The summed E-state index contributed by atoms with van der Waals surface area (Å²) in [7, 11) is 0. The third-order valence-corrected chi connectivity index (χ3v) is 6.44. The van der Waals surface area contributed by atoms with Gasteiger partial charge in [-0.25, -0.2) is 0 Å². The normalized spacial score (nSPS) is 14.0. The zero-order chi connectivity index (χ0) is 21.6. The Hall–Kier alpha value is -3.06. The lowest BCUT2D eigenvalue weighted by Crippen LogP contribution is -2.49. The molecule has 6 nitrogen and oxygen atoms in total. The van der Waals surface area contributed by atoms with Gasteiger partial charge < -0.3 is 9.80 Å². The van der Waals surface area contributed by atoms with Crippen LogP contribution in [0.1, 0.15) is 5.56 Å². The van der Waals surface area contributed by atoms with E-state index in [1.165, 1.54) is 17.4 Å². The number of carbonyl (C=O) groups excluding carboxylic acids is 1. The number of para-hydroxylation sites is 1. The van der Waals surface area contributed by atoms with Crippen LogP contribution < -0.4 is 4.90 Å². The molecule has 0 bridgehead atoms. The van der Waals surface area contributed by atoms with Gasteiger partial charge in [-0.3, -0.25) is 9.36 Å². The van der Waals surface area contributed by atoms with Crippen LogP contribution in [-0.4, -0.2) is 57.5 Å². The largest absolute Gasteiger partial charge is 0.368 e. The van der Waals surface area contributed by atoms with Gasteiger partial charge in [-0.15, -0.1) is 16.8 Å². The van der Waals surface area contributed by atoms with Gasteiger partial charge in [0, 0.05) is 44.0 Å². The number of carbonyl (C=O) groups is 1. The van der Waals surface area contributed by atoms with Crippen LogP contribution in [0.15, 0.2) is 72.4 Å². The molecule has 7 heteroatoms. The van der Waals surface area contributed by atoms with Gasteiger partial charge >= 0.3 is 0 Å². The van der Waals surface area contributed by atoms with Crippen LogP contribution in [0.25, 0.3) is 11.4 Å². The molecule has 2 aromatic carbocycles. The third-order valence-electron chi connectivity index (χ3n) is 5.49. The molecule has 160 valence electrons. The molecule has 0 saturated carbocycles. The first-order chi connectivity index (χ1) is 15.2. The maximum atomic E-state index is 12.8. The molecule has 0 atom stereocenters. The van der Waals surface area contributed by atoms with Gasteiger partial charge in [0.2, 0.25) is 5.91 Å². The molecule has 0 radical (unpaired) electrons. The maximum absolute atomic E-state index is 12.8. The Bertz CT molecular complexity index is 1040. The van der Waals surface area contributed by atoms with Crippen molar-refractivity contribution in [3.63, 3.8) is 0 Å². The van der Waals surface area contributed by atoms with Crippen LogP contribution in [0.3, 0.4) is 0 Å². The molecular weight excluding hydrogens is 406 g/mol. The van der Waals surface area contributed by atoms with Crippen molar-refractivity contribution in [2.75, 3.05) is 36.8 Å². The lowest BCUT2D eigenvalue weighted by atomic mass is 10.1. The summed E-state index contributed by atoms with van der Waals surface area (Å²) in [5.41, 5.74) is 3.40. The molecule has 0 aliphatic carbocycles. The van der Waals surface area contributed by atoms with E-state index in [2.05, 4.69) is 46.8 Å². The third kappa shape index (κ3) is 4.82. The van der Waals surface area contributed by atoms with E-state index in [4.69, 9.17) is 0 Å². The van der Waals surface area contributed by atoms with Crippen LogP contribution >= 0.6 is 11.8 Å². The van der Waals surface area contributed by atoms with Gasteiger partial charge in [0.05, 0.1) is 5.75 Å². The van der Waals surface area contributed by atoms with Gasteiger partial charge in [-0.1, -0.05) is 60.3 Å². The Labute approximate surface area is 187 Å². The molecule has 0 N–H and O–H groups in total. The molecule has 31 heavy (non-hydrogen) atoms. The lowest BCUT2D eigenvalue weighted by Gasteiger charge is -2.36. The van der Waals surface area contributed by atoms with Crippen molar-refractivity contribution in [2.45, 2.75) is 18.6 Å². The van der Waals surface area contributed by atoms with Gasteiger partial charge in [0.1, 0.15) is 0 Å². The smallest absolute Gasteiger partial charge is 0.233 e. The molecule has 4 rings (SSSR count). The first kappa shape index (κ1) is 21.2. The van der Waals surface area contributed by atoms with Crippen molar-refractivity contribution in [1.29, 1.82) is 0 Å². The predicted octanol–water partition coefficient (Wildman–Crippen LogP) is 3.88. The number of nitrogens with zero attached hydrogens (tertiary/aromatic N) is 5. The lowest BCUT2D eigenvalue weighted by molar-refractivity contribution is -0.128. The second kappa shape index (κ2) is 9.83. The number of rotatable bonds is 7. The fourth-order valence-electron chi connectivity index (χ4n) is 3.78. The van der Waals surface area contributed by atoms with Gasteiger partial charge in [0.25, 0.3) is 0 Å². The highest BCUT2D eigenvalue weighted by atomic mass is 32.2. The van der Waals surface area contributed by atoms with Crippen molar-refractivity contribution < 1.29 is 4.79 Å². The van der Waals surface area contributed by atoms with Gasteiger partial charge in [-0.2, -0.15) is 0 Å². The van der Waals surface area contributed by atoms with Crippen LogP contribution in [0.2, 0.25) is 0 Å². The van der Waals surface area contributed by atoms with E-state index < -0.39 is 0 Å². The molecule has 1 aliphatic rings. The number of hydrogen-bond donors (Lipinski definition) is 0. The Balaban J connectivity index is 1.39. The highest BCUT2D eigenvalue weighted by Crippen LogP contribution is 2.26. The summed E-state index contributed by atoms with van der Waals surface area (Å²) in [6.07, 6.45) is 1.83. The molecule has 3 aromatic rings. The number of thioether (sulfide) groups is 1. The average molecular weight is 434 g/mol. The first-order valence-electron chi connectivity index (χ1n) is 10.5. The zero-order valence-corrected chi connectivity index (χ0v) is 18.6. The quantitative estimate of drug-likeness (QED) is 0.418. The number of allylic oxidation sites excluding steroid dienone is 1. The zero-order valence-electron chi connectivity index (χ0n) is 17.8. The van der Waals surface area contributed by atoms with E-state index in [-0.39, 0.29) is 5.91 Å². The van der Waals surface area contributed by atoms with Crippen molar-refractivity contribution in [1.82, 2.24) is 19.7 Å². The van der Waals surface area contributed by atoms with E-state index in [0.717, 1.165) is 48.3 Å². The fraction of sp³-hybridized carbons (Fsp3) is 0.292. The van der Waals surface area contributed by atoms with Crippen LogP contribution in [0.4, 0.5) is 5.69 Å². The summed E-state index contributed by atoms with van der Waals surface area (Å²) in [5.74, 6) is 1.31. The Kier molecular flexibility index (Phi) is 6.72. The Morgan fingerprint density at radius 3 is 2.45 bits per heavy atom. The summed E-state index contributed by atoms with van der Waals surface area (Å²) < 4.78 is 2.03. The molecule has 0 spiro atoms. The van der Waals surface area contributed by atoms with E-state index in [9.17, 15) is 4.79 Å². The molecular formula is C24H27N5OS. The number of hydrogen-bond acceptors (Lipinski definition) is 5. The number of aryl methyl sites for hydroxylation is 1. The molecule has 1 aromatic heterocycles. The Morgan fingerprint density at radius 1 is 1.03 bits per heavy atom. The van der Waals surface area contributed by atoms with Gasteiger partial charge in [0.15, 0.2) is 11.0 Å². The highest BCUT2D eigenvalue weighted by molar-refractivity contribution is 7.99. The number of piperazine rings is 1. The van der Waals surface area contributed by atoms with Crippen molar-refractivity contribution >= 4 is 23.4 Å². The van der Waals surface area contributed by atoms with E-state index in [1.54, 1.807) is 0 Å². The summed E-state index contributed by atoms with van der Waals surface area (Å²) in [4.78, 5) is 17.1. The summed E-state index contributed by atoms with van der Waals surface area (Å²) in [5, 5.41) is 9.53. The van der Waals surface area contributed by atoms with E-state index >= 15 is 0 Å². The van der Waals surface area contributed by atoms with E-state index in [1.807, 2.05) is 51.9 Å². The minimum absolute atomic E-state index is 0.142. The molecule has 0 unspecified atom stereocenters. The fourth-order valence-corrected chi connectivity index (χ4v) is 4.63. The summed E-state index contributed by atoms with van der Waals surface area (Å²) in [6.45, 7) is 9.71. The molecule has 1 saturated heterocycles. The van der Waals surface area contributed by atoms with Crippen molar-refractivity contribution in [3.8, 4) is 11.4 Å². The minimum atomic E-state index is 0.142. The monoisotopic (exact) mass is 433 g/mol. The number of amides is 1. The summed E-state index contributed by atoms with van der Waals surface area (Å²) in [6, 6.07) is 18.5. The van der Waals surface area contributed by atoms with Crippen LogP contribution in [-0.2, 0) is 11.3 Å². The van der Waals surface area contributed by atoms with E-state index in [0.29, 0.717) is 12.3 Å². The molecule has 1 fully saturated rings. The predicted molar refractivity (Wildman–Crippen MR) is 126 cm³/mol. The van der Waals surface area contributed by atoms with Crippen LogP contribution in [0, 0.1) is 6.92 Å². The maximum Gasteiger partial charge on any atom is 0.233 e. The number of benzene rings is 2. The van der Waals surface area contributed by atoms with Crippen LogP contribution in [0.5, 0.6) is 0 Å². The van der Waals surface area contributed by atoms with Crippen molar-refractivity contribution in [2.24, 2.45) is 0 Å².